The van der Waals surface area contributed by atoms with Crippen LogP contribution in [0.2, 0.25) is 10.0 Å². The lowest BCUT2D eigenvalue weighted by Gasteiger charge is -2.13. The third-order valence-electron chi connectivity index (χ3n) is 5.26. The molecular formula is C25H27Cl2N5O2S. The number of nitrogens with zero attached hydrogens (tertiary/aromatic N) is 3. The maximum atomic E-state index is 12.6. The van der Waals surface area contributed by atoms with Crippen LogP contribution in [0.5, 0.6) is 0 Å². The number of nitrogens with one attached hydrogen (secondary N) is 2. The van der Waals surface area contributed by atoms with Crippen molar-refractivity contribution >= 4 is 52.5 Å². The Kier molecular flexibility index (Phi) is 9.77. The molecule has 0 spiro atoms. The second-order valence-corrected chi connectivity index (χ2v) is 9.49. The summed E-state index contributed by atoms with van der Waals surface area (Å²) in [6.45, 7) is 8.69. The van der Waals surface area contributed by atoms with Crippen molar-refractivity contribution in [1.29, 1.82) is 0 Å². The van der Waals surface area contributed by atoms with Gasteiger partial charge >= 0.3 is 0 Å². The standard InChI is InChI=1S/C25H27Cl2N5O2S/c1-4-13-32-21(11-12-28-24(34)18-9-10-19(26)20(27)14-18)30-31-25(32)35-15-22(33)29-23-16(3)7-6-8-17(23)5-2/h4,6-10,14H,1,5,11-13,15H2,2-3H3,(H,28,34)(H,29,33). The lowest BCUT2D eigenvalue weighted by atomic mass is 10.1. The van der Waals surface area contributed by atoms with Crippen LogP contribution in [0.1, 0.15) is 34.2 Å². The third kappa shape index (κ3) is 7.10. The van der Waals surface area contributed by atoms with Gasteiger partial charge in [0.2, 0.25) is 5.91 Å². The number of carbonyl (C=O) groups is 2. The SMILES string of the molecule is C=CCn1c(CCNC(=O)c2ccc(Cl)c(Cl)c2)nnc1SCC(=O)Nc1c(C)cccc1CC. The molecule has 0 fully saturated rings. The van der Waals surface area contributed by atoms with Crippen LogP contribution in [0.15, 0.2) is 54.2 Å². The quantitative estimate of drug-likeness (QED) is 0.257. The van der Waals surface area contributed by atoms with Gasteiger partial charge in [0.1, 0.15) is 5.82 Å². The van der Waals surface area contributed by atoms with E-state index in [2.05, 4.69) is 34.3 Å². The normalized spacial score (nSPS) is 10.7. The highest BCUT2D eigenvalue weighted by Gasteiger charge is 2.15. The van der Waals surface area contributed by atoms with Crippen molar-refractivity contribution < 1.29 is 9.59 Å². The van der Waals surface area contributed by atoms with Crippen molar-refractivity contribution in [1.82, 2.24) is 20.1 Å². The molecule has 2 amide bonds. The van der Waals surface area contributed by atoms with Crippen molar-refractivity contribution in [3.05, 3.63) is 81.6 Å². The van der Waals surface area contributed by atoms with Crippen LogP contribution in [0.3, 0.4) is 0 Å². The van der Waals surface area contributed by atoms with Crippen molar-refractivity contribution in [2.75, 3.05) is 17.6 Å². The van der Waals surface area contributed by atoms with Crippen LogP contribution in [-0.2, 0) is 24.2 Å². The summed E-state index contributed by atoms with van der Waals surface area (Å²) in [4.78, 5) is 25.0. The molecule has 184 valence electrons. The van der Waals surface area contributed by atoms with Gasteiger partial charge in [-0.1, -0.05) is 66.2 Å². The molecule has 0 aliphatic carbocycles. The Balaban J connectivity index is 1.59. The Bertz CT molecular complexity index is 1230. The first-order valence-corrected chi connectivity index (χ1v) is 12.9. The van der Waals surface area contributed by atoms with Crippen LogP contribution < -0.4 is 10.6 Å². The summed E-state index contributed by atoms with van der Waals surface area (Å²) in [5, 5.41) is 15.7. The zero-order chi connectivity index (χ0) is 25.4. The van der Waals surface area contributed by atoms with E-state index < -0.39 is 0 Å². The predicted octanol–water partition coefficient (Wildman–Crippen LogP) is 5.35. The van der Waals surface area contributed by atoms with E-state index in [1.165, 1.54) is 17.8 Å². The molecule has 0 aliphatic rings. The maximum absolute atomic E-state index is 12.6. The number of hydrogen-bond donors (Lipinski definition) is 2. The number of aryl methyl sites for hydroxylation is 2. The summed E-state index contributed by atoms with van der Waals surface area (Å²) in [6.07, 6.45) is 3.04. The second kappa shape index (κ2) is 12.8. The number of benzene rings is 2. The fraction of sp³-hybridized carbons (Fsp3) is 0.280. The van der Waals surface area contributed by atoms with Gasteiger partial charge in [0.15, 0.2) is 5.16 Å². The Morgan fingerprint density at radius 2 is 1.97 bits per heavy atom. The van der Waals surface area contributed by atoms with E-state index in [4.69, 9.17) is 23.2 Å². The minimum atomic E-state index is -0.257. The van der Waals surface area contributed by atoms with Crippen molar-refractivity contribution in [2.24, 2.45) is 0 Å². The number of anilines is 1. The topological polar surface area (TPSA) is 88.9 Å². The van der Waals surface area contributed by atoms with Gasteiger partial charge in [0.25, 0.3) is 5.91 Å². The van der Waals surface area contributed by atoms with E-state index in [0.717, 1.165) is 23.2 Å². The molecule has 0 saturated carbocycles. The van der Waals surface area contributed by atoms with Crippen LogP contribution >= 0.6 is 35.0 Å². The Labute approximate surface area is 219 Å². The molecule has 35 heavy (non-hydrogen) atoms. The molecule has 1 heterocycles. The molecule has 0 aliphatic heterocycles. The number of rotatable bonds is 11. The number of aromatic nitrogens is 3. The van der Waals surface area contributed by atoms with E-state index in [1.807, 2.05) is 29.7 Å². The van der Waals surface area contributed by atoms with Crippen molar-refractivity contribution in [2.45, 2.75) is 38.4 Å². The number of allylic oxidation sites excluding steroid dienone is 1. The van der Waals surface area contributed by atoms with Crippen molar-refractivity contribution in [3.8, 4) is 0 Å². The zero-order valence-corrected chi connectivity index (χ0v) is 21.9. The first-order chi connectivity index (χ1) is 16.8. The van der Waals surface area contributed by atoms with E-state index in [9.17, 15) is 9.59 Å². The monoisotopic (exact) mass is 531 g/mol. The van der Waals surface area contributed by atoms with E-state index in [-0.39, 0.29) is 17.6 Å². The summed E-state index contributed by atoms with van der Waals surface area (Å²) in [5.41, 5.74) is 3.42. The molecule has 0 atom stereocenters. The molecule has 3 aromatic rings. The number of carbonyl (C=O) groups excluding carboxylic acids is 2. The Morgan fingerprint density at radius 1 is 1.17 bits per heavy atom. The highest BCUT2D eigenvalue weighted by Crippen LogP contribution is 2.24. The number of amides is 2. The lowest BCUT2D eigenvalue weighted by molar-refractivity contribution is -0.113. The zero-order valence-electron chi connectivity index (χ0n) is 19.6. The summed E-state index contributed by atoms with van der Waals surface area (Å²) in [5.74, 6) is 0.519. The molecular weight excluding hydrogens is 505 g/mol. The molecule has 2 aromatic carbocycles. The first kappa shape index (κ1) is 26.8. The molecule has 0 bridgehead atoms. The average Bonchev–Trinajstić information content (AvgIpc) is 3.22. The molecule has 0 radical (unpaired) electrons. The van der Waals surface area contributed by atoms with E-state index in [0.29, 0.717) is 46.1 Å². The highest BCUT2D eigenvalue weighted by molar-refractivity contribution is 7.99. The highest BCUT2D eigenvalue weighted by atomic mass is 35.5. The summed E-state index contributed by atoms with van der Waals surface area (Å²) in [7, 11) is 0. The largest absolute Gasteiger partial charge is 0.352 e. The fourth-order valence-corrected chi connectivity index (χ4v) is 4.52. The summed E-state index contributed by atoms with van der Waals surface area (Å²) in [6, 6.07) is 10.7. The van der Waals surface area contributed by atoms with E-state index in [1.54, 1.807) is 18.2 Å². The van der Waals surface area contributed by atoms with Crippen LogP contribution in [0.25, 0.3) is 0 Å². The predicted molar refractivity (Wildman–Crippen MR) is 143 cm³/mol. The molecule has 7 nitrogen and oxygen atoms in total. The molecule has 2 N–H and O–H groups in total. The lowest BCUT2D eigenvalue weighted by Crippen LogP contribution is -2.26. The molecule has 0 unspecified atom stereocenters. The summed E-state index contributed by atoms with van der Waals surface area (Å²) >= 11 is 13.2. The minimum Gasteiger partial charge on any atom is -0.352 e. The minimum absolute atomic E-state index is 0.109. The van der Waals surface area contributed by atoms with Gasteiger partial charge in [-0.25, -0.2) is 0 Å². The molecule has 1 aromatic heterocycles. The second-order valence-electron chi connectivity index (χ2n) is 7.73. The molecule has 3 rings (SSSR count). The maximum Gasteiger partial charge on any atom is 0.251 e. The van der Waals surface area contributed by atoms with Crippen LogP contribution in [0, 0.1) is 6.92 Å². The van der Waals surface area contributed by atoms with E-state index >= 15 is 0 Å². The number of para-hydroxylation sites is 1. The Morgan fingerprint density at radius 3 is 2.69 bits per heavy atom. The number of hydrogen-bond acceptors (Lipinski definition) is 5. The first-order valence-electron chi connectivity index (χ1n) is 11.1. The number of thioether (sulfide) groups is 1. The smallest absolute Gasteiger partial charge is 0.251 e. The average molecular weight is 532 g/mol. The fourth-order valence-electron chi connectivity index (χ4n) is 3.46. The summed E-state index contributed by atoms with van der Waals surface area (Å²) < 4.78 is 1.89. The number of halogens is 2. The van der Waals surface area contributed by atoms with Gasteiger partial charge < -0.3 is 15.2 Å². The van der Waals surface area contributed by atoms with Gasteiger partial charge in [0.05, 0.1) is 15.8 Å². The van der Waals surface area contributed by atoms with Crippen molar-refractivity contribution in [3.63, 3.8) is 0 Å². The van der Waals surface area contributed by atoms with Gasteiger partial charge in [-0.3, -0.25) is 9.59 Å². The van der Waals surface area contributed by atoms with Gasteiger partial charge in [-0.05, 0) is 42.7 Å². The molecule has 10 heteroatoms. The van der Waals surface area contributed by atoms with Gasteiger partial charge in [0, 0.05) is 30.8 Å². The van der Waals surface area contributed by atoms with Gasteiger partial charge in [-0.2, -0.15) is 0 Å². The van der Waals surface area contributed by atoms with Crippen LogP contribution in [0.4, 0.5) is 5.69 Å². The van der Waals surface area contributed by atoms with Crippen LogP contribution in [-0.4, -0.2) is 38.9 Å². The third-order valence-corrected chi connectivity index (χ3v) is 6.96. The molecule has 0 saturated heterocycles. The van der Waals surface area contributed by atoms with Gasteiger partial charge in [-0.15, -0.1) is 16.8 Å². The Hall–Kier alpha value is -2.81.